The number of hydrogen-bond donors (Lipinski definition) is 4. The van der Waals surface area contributed by atoms with E-state index in [-0.39, 0.29) is 43.0 Å². The molecule has 0 aromatic heterocycles. The van der Waals surface area contributed by atoms with Gasteiger partial charge < -0.3 is 49.0 Å². The molecule has 1 aliphatic carbocycles. The number of ether oxygens (including phenoxy) is 5. The summed E-state index contributed by atoms with van der Waals surface area (Å²) in [4.78, 5) is 30.2. The molecule has 0 bridgehead atoms. The molecule has 0 spiro atoms. The minimum atomic E-state index is -1.74. The first kappa shape index (κ1) is 43.3. The summed E-state index contributed by atoms with van der Waals surface area (Å²) in [5.74, 6) is -4.24. The molecule has 2 heterocycles. The SMILES string of the molecule is CC[C@@H]1CC(=O)[C@@H](C)[C@@H](O[C@H]2C[C@@](C)(OC)[C@@H](O)[C@H](C)O2)[C@H](C)[C@@H](O[C@H]2C[C@@H](N(C)C)C[C@@H](C)O2)C(C)(O)C[C@@H](C)C(=O)[C@H](C)[C@@H](O)[C@@]1(C)O. The fourth-order valence-electron chi connectivity index (χ4n) is 8.79. The Morgan fingerprint density at radius 1 is 0.860 bits per heavy atom. The fraction of sp³-hybridized carbons (Fsp3) is 0.947. The molecule has 292 valence electrons. The number of aliphatic hydroxyl groups excluding tert-OH is 2. The van der Waals surface area contributed by atoms with Gasteiger partial charge in [-0.2, -0.15) is 0 Å². The Bertz CT molecular complexity index is 1130. The van der Waals surface area contributed by atoms with Gasteiger partial charge in [-0.25, -0.2) is 0 Å². The Hall–Kier alpha value is -1.06. The van der Waals surface area contributed by atoms with E-state index in [0.29, 0.717) is 12.8 Å². The number of nitrogens with zero attached hydrogens (tertiary/aromatic N) is 1. The molecular weight excluding hydrogens is 646 g/mol. The number of carbonyl (C=O) groups excluding carboxylic acids is 2. The van der Waals surface area contributed by atoms with Crippen LogP contribution in [0.15, 0.2) is 0 Å². The van der Waals surface area contributed by atoms with Crippen LogP contribution in [0.4, 0.5) is 0 Å². The maximum atomic E-state index is 14.3. The van der Waals surface area contributed by atoms with E-state index >= 15 is 0 Å². The second-order valence-corrected chi connectivity index (χ2v) is 16.8. The topological polar surface area (TPSA) is 164 Å². The molecule has 4 N–H and O–H groups in total. The van der Waals surface area contributed by atoms with Gasteiger partial charge in [0.05, 0.1) is 47.3 Å². The van der Waals surface area contributed by atoms with Gasteiger partial charge in [0.25, 0.3) is 0 Å². The molecule has 0 radical (unpaired) electrons. The van der Waals surface area contributed by atoms with E-state index in [1.54, 1.807) is 41.5 Å². The molecule has 17 atom stereocenters. The highest BCUT2D eigenvalue weighted by Gasteiger charge is 2.52. The first-order chi connectivity index (χ1) is 23.0. The predicted molar refractivity (Wildman–Crippen MR) is 188 cm³/mol. The van der Waals surface area contributed by atoms with E-state index in [0.717, 1.165) is 6.42 Å². The van der Waals surface area contributed by atoms with Crippen molar-refractivity contribution >= 4 is 11.6 Å². The van der Waals surface area contributed by atoms with Crippen molar-refractivity contribution in [3.05, 3.63) is 0 Å². The molecular formula is C38H69NO11. The van der Waals surface area contributed by atoms with Crippen molar-refractivity contribution in [2.75, 3.05) is 21.2 Å². The Balaban J connectivity index is 2.15. The molecule has 50 heavy (non-hydrogen) atoms. The molecule has 0 amide bonds. The van der Waals surface area contributed by atoms with Gasteiger partial charge in [-0.15, -0.1) is 0 Å². The number of aliphatic hydroxyl groups is 4. The van der Waals surface area contributed by atoms with Gasteiger partial charge in [0, 0.05) is 56.1 Å². The van der Waals surface area contributed by atoms with E-state index in [2.05, 4.69) is 4.90 Å². The average molecular weight is 716 g/mol. The number of rotatable bonds is 7. The molecule has 0 aromatic rings. The summed E-state index contributed by atoms with van der Waals surface area (Å²) in [6.45, 7) is 17.4. The maximum absolute atomic E-state index is 14.3. The van der Waals surface area contributed by atoms with Gasteiger partial charge in [0.2, 0.25) is 0 Å². The zero-order valence-electron chi connectivity index (χ0n) is 32.9. The van der Waals surface area contributed by atoms with Gasteiger partial charge in [-0.3, -0.25) is 9.59 Å². The van der Waals surface area contributed by atoms with Gasteiger partial charge in [-0.05, 0) is 67.5 Å². The second-order valence-electron chi connectivity index (χ2n) is 16.8. The van der Waals surface area contributed by atoms with Crippen molar-refractivity contribution in [1.82, 2.24) is 4.90 Å². The van der Waals surface area contributed by atoms with Crippen LogP contribution >= 0.6 is 0 Å². The summed E-state index contributed by atoms with van der Waals surface area (Å²) in [5.41, 5.74) is -4.35. The van der Waals surface area contributed by atoms with Crippen LogP contribution in [0.1, 0.15) is 108 Å². The lowest BCUT2D eigenvalue weighted by Crippen LogP contribution is -2.59. The van der Waals surface area contributed by atoms with Crippen LogP contribution in [0.5, 0.6) is 0 Å². The van der Waals surface area contributed by atoms with Crippen LogP contribution in [0.3, 0.4) is 0 Å². The van der Waals surface area contributed by atoms with Crippen LogP contribution in [-0.2, 0) is 33.3 Å². The molecule has 0 aromatic carbocycles. The summed E-state index contributed by atoms with van der Waals surface area (Å²) in [6, 6.07) is 0.173. The second kappa shape index (κ2) is 17.0. The lowest BCUT2D eigenvalue weighted by Gasteiger charge is -2.48. The highest BCUT2D eigenvalue weighted by Crippen LogP contribution is 2.41. The Morgan fingerprint density at radius 3 is 2.04 bits per heavy atom. The van der Waals surface area contributed by atoms with E-state index < -0.39 is 89.5 Å². The summed E-state index contributed by atoms with van der Waals surface area (Å²) in [6.07, 6.45) is -4.65. The van der Waals surface area contributed by atoms with Crippen molar-refractivity contribution in [2.24, 2.45) is 29.6 Å². The average Bonchev–Trinajstić information content (AvgIpc) is 3.04. The fourth-order valence-corrected chi connectivity index (χ4v) is 8.79. The van der Waals surface area contributed by atoms with Gasteiger partial charge in [0.15, 0.2) is 12.6 Å². The highest BCUT2D eigenvalue weighted by atomic mass is 16.7. The van der Waals surface area contributed by atoms with Gasteiger partial charge in [0.1, 0.15) is 17.7 Å². The van der Waals surface area contributed by atoms with E-state index in [9.17, 15) is 30.0 Å². The Morgan fingerprint density at radius 2 is 1.48 bits per heavy atom. The van der Waals surface area contributed by atoms with E-state index in [1.807, 2.05) is 34.9 Å². The quantitative estimate of drug-likeness (QED) is 0.304. The van der Waals surface area contributed by atoms with Crippen LogP contribution in [0.2, 0.25) is 0 Å². The third-order valence-electron chi connectivity index (χ3n) is 12.4. The van der Waals surface area contributed by atoms with E-state index in [1.165, 1.54) is 14.0 Å². The summed E-state index contributed by atoms with van der Waals surface area (Å²) in [7, 11) is 5.55. The third-order valence-corrected chi connectivity index (χ3v) is 12.4. The molecule has 2 saturated heterocycles. The van der Waals surface area contributed by atoms with Crippen molar-refractivity contribution in [2.45, 2.75) is 180 Å². The minimum absolute atomic E-state index is 0.0173. The number of methoxy groups -OCH3 is 1. The van der Waals surface area contributed by atoms with Crippen LogP contribution < -0.4 is 0 Å². The number of Topliss-reactive ketones (excluding diaryl/α,β-unsaturated/α-hetero) is 2. The summed E-state index contributed by atoms with van der Waals surface area (Å²) in [5, 5.41) is 46.4. The van der Waals surface area contributed by atoms with Crippen molar-refractivity contribution in [3.63, 3.8) is 0 Å². The number of carbonyl (C=O) groups is 2. The standard InChI is InChI=1S/C38H69NO11/c1-14-26-16-28(40)22(4)32(49-30-19-37(9,46-13)34(43)25(7)48-30)24(6)35(50-29-17-27(39(11)12)15-21(3)47-29)36(8,44)18-20(2)31(41)23(5)33(42)38(26,10)45/h20-27,29-30,32-35,42-45H,14-19H2,1-13H3/t20-,21-,22-,23+,24+,25+,26-,27+,29+,30+,32-,33-,34+,35-,36?,37-,38+/m1/s1. The molecule has 1 unspecified atom stereocenters. The summed E-state index contributed by atoms with van der Waals surface area (Å²) < 4.78 is 31.7. The minimum Gasteiger partial charge on any atom is -0.389 e. The lowest BCUT2D eigenvalue weighted by molar-refractivity contribution is -0.307. The largest absolute Gasteiger partial charge is 0.389 e. The molecule has 3 aliphatic rings. The molecule has 12 nitrogen and oxygen atoms in total. The predicted octanol–water partition coefficient (Wildman–Crippen LogP) is 3.48. The highest BCUT2D eigenvalue weighted by molar-refractivity contribution is 5.84. The number of ketones is 2. The lowest BCUT2D eigenvalue weighted by atomic mass is 9.70. The zero-order chi connectivity index (χ0) is 38.1. The van der Waals surface area contributed by atoms with Gasteiger partial charge in [-0.1, -0.05) is 41.0 Å². The molecule has 2 aliphatic heterocycles. The normalized spacial score (nSPS) is 49.2. The van der Waals surface area contributed by atoms with E-state index in [4.69, 9.17) is 23.7 Å². The Kier molecular flexibility index (Phi) is 14.7. The van der Waals surface area contributed by atoms with Crippen LogP contribution in [0, 0.1) is 29.6 Å². The number of hydrogen-bond acceptors (Lipinski definition) is 12. The van der Waals surface area contributed by atoms with Crippen molar-refractivity contribution < 1.29 is 53.7 Å². The molecule has 3 rings (SSSR count). The van der Waals surface area contributed by atoms with Crippen molar-refractivity contribution in [1.29, 1.82) is 0 Å². The molecule has 3 fully saturated rings. The first-order valence-corrected chi connectivity index (χ1v) is 18.7. The van der Waals surface area contributed by atoms with Crippen LogP contribution in [-0.4, -0.2) is 130 Å². The first-order valence-electron chi connectivity index (χ1n) is 18.7. The maximum Gasteiger partial charge on any atom is 0.161 e. The van der Waals surface area contributed by atoms with Gasteiger partial charge >= 0.3 is 0 Å². The van der Waals surface area contributed by atoms with Crippen molar-refractivity contribution in [3.8, 4) is 0 Å². The van der Waals surface area contributed by atoms with Crippen LogP contribution in [0.25, 0.3) is 0 Å². The Labute approximate surface area is 300 Å². The smallest absolute Gasteiger partial charge is 0.161 e. The molecule has 1 saturated carbocycles. The monoisotopic (exact) mass is 715 g/mol. The molecule has 12 heteroatoms. The summed E-state index contributed by atoms with van der Waals surface area (Å²) >= 11 is 0. The third kappa shape index (κ3) is 9.53. The zero-order valence-corrected chi connectivity index (χ0v) is 32.9.